The Bertz CT molecular complexity index is 856. The Hall–Kier alpha value is -2.20. The molecule has 0 saturated carbocycles. The van der Waals surface area contributed by atoms with E-state index in [4.69, 9.17) is 5.11 Å². The van der Waals surface area contributed by atoms with E-state index >= 15 is 0 Å². The van der Waals surface area contributed by atoms with Gasteiger partial charge >= 0.3 is 5.97 Å². The number of aromatic nitrogens is 1. The lowest BCUT2D eigenvalue weighted by Gasteiger charge is -2.06. The minimum absolute atomic E-state index is 0.00800. The highest BCUT2D eigenvalue weighted by atomic mass is 32.1. The van der Waals surface area contributed by atoms with Crippen LogP contribution in [0.4, 0.5) is 0 Å². The van der Waals surface area contributed by atoms with Gasteiger partial charge in [-0.1, -0.05) is 30.3 Å². The molecule has 1 aromatic heterocycles. The van der Waals surface area contributed by atoms with Crippen LogP contribution >= 0.6 is 11.3 Å². The van der Waals surface area contributed by atoms with Crippen LogP contribution in [0, 0.1) is 0 Å². The van der Waals surface area contributed by atoms with Crippen molar-refractivity contribution in [3.63, 3.8) is 0 Å². The monoisotopic (exact) mass is 295 g/mol. The number of nitrogens with zero attached hydrogens (tertiary/aromatic N) is 1. The van der Waals surface area contributed by atoms with Gasteiger partial charge in [-0.15, -0.1) is 11.3 Å². The minimum atomic E-state index is -0.837. The second kappa shape index (κ2) is 4.67. The molecule has 1 aliphatic carbocycles. The Kier molecular flexibility index (Phi) is 2.79. The van der Waals surface area contributed by atoms with Crippen molar-refractivity contribution < 1.29 is 9.90 Å². The summed E-state index contributed by atoms with van der Waals surface area (Å²) in [5.74, 6) is -0.837. The lowest BCUT2D eigenvalue weighted by atomic mass is 9.98. The highest BCUT2D eigenvalue weighted by Gasteiger charge is 2.17. The van der Waals surface area contributed by atoms with Gasteiger partial charge in [0, 0.05) is 10.9 Å². The summed E-state index contributed by atoms with van der Waals surface area (Å²) >= 11 is 1.41. The van der Waals surface area contributed by atoms with Gasteiger partial charge in [0.2, 0.25) is 0 Å². The van der Waals surface area contributed by atoms with Gasteiger partial charge in [0.25, 0.3) is 0 Å². The number of carboxylic acids is 1. The molecule has 0 radical (unpaired) electrons. The molecule has 3 aromatic rings. The lowest BCUT2D eigenvalue weighted by Crippen LogP contribution is -1.99. The number of hydrogen-bond donors (Lipinski definition) is 1. The van der Waals surface area contributed by atoms with Crippen molar-refractivity contribution in [2.24, 2.45) is 0 Å². The largest absolute Gasteiger partial charge is 0.481 e. The van der Waals surface area contributed by atoms with E-state index in [1.54, 1.807) is 0 Å². The third-order valence-corrected chi connectivity index (χ3v) is 4.86. The number of carbonyl (C=O) groups is 1. The molecule has 0 aliphatic heterocycles. The molecule has 104 valence electrons. The van der Waals surface area contributed by atoms with Gasteiger partial charge in [0.15, 0.2) is 0 Å². The third-order valence-electron chi connectivity index (χ3n) is 4.01. The molecule has 0 fully saturated rings. The molecule has 0 bridgehead atoms. The van der Waals surface area contributed by atoms with Crippen LogP contribution in [0.3, 0.4) is 0 Å². The van der Waals surface area contributed by atoms with E-state index in [2.05, 4.69) is 35.3 Å². The van der Waals surface area contributed by atoms with Crippen LogP contribution in [0.15, 0.2) is 35.7 Å². The summed E-state index contributed by atoms with van der Waals surface area (Å²) in [4.78, 5) is 15.3. The number of aliphatic carboxylic acids is 1. The van der Waals surface area contributed by atoms with Gasteiger partial charge in [0.05, 0.1) is 12.1 Å². The highest BCUT2D eigenvalue weighted by molar-refractivity contribution is 7.10. The summed E-state index contributed by atoms with van der Waals surface area (Å²) in [5.41, 5.74) is 4.80. The summed E-state index contributed by atoms with van der Waals surface area (Å²) in [6.45, 7) is 0. The van der Waals surface area contributed by atoms with Crippen molar-refractivity contribution in [2.75, 3.05) is 0 Å². The fraction of sp³-hybridized carbons (Fsp3) is 0.176. The van der Waals surface area contributed by atoms with Crippen molar-refractivity contribution in [1.82, 2.24) is 4.98 Å². The van der Waals surface area contributed by atoms with Crippen LogP contribution in [0.1, 0.15) is 16.1 Å². The fourth-order valence-corrected chi connectivity index (χ4v) is 3.90. The Morgan fingerprint density at radius 2 is 2.00 bits per heavy atom. The molecule has 4 rings (SSSR count). The van der Waals surface area contributed by atoms with E-state index in [1.165, 1.54) is 33.2 Å². The van der Waals surface area contributed by atoms with Crippen molar-refractivity contribution >= 4 is 28.1 Å². The molecule has 3 nitrogen and oxygen atoms in total. The lowest BCUT2D eigenvalue weighted by molar-refractivity contribution is -0.136. The van der Waals surface area contributed by atoms with E-state index < -0.39 is 5.97 Å². The van der Waals surface area contributed by atoms with E-state index in [-0.39, 0.29) is 6.42 Å². The Balaban J connectivity index is 1.88. The zero-order chi connectivity index (χ0) is 14.4. The maximum atomic E-state index is 10.8. The normalized spacial score (nSPS) is 13.0. The number of benzene rings is 2. The molecule has 0 unspecified atom stereocenters. The van der Waals surface area contributed by atoms with Crippen molar-refractivity contribution in [2.45, 2.75) is 19.3 Å². The van der Waals surface area contributed by atoms with Crippen molar-refractivity contribution in [3.8, 4) is 11.3 Å². The molecule has 1 N–H and O–H groups in total. The maximum absolute atomic E-state index is 10.8. The van der Waals surface area contributed by atoms with Gasteiger partial charge in [-0.3, -0.25) is 4.79 Å². The average molecular weight is 295 g/mol. The topological polar surface area (TPSA) is 50.2 Å². The first-order valence-electron chi connectivity index (χ1n) is 6.92. The average Bonchev–Trinajstić information content (AvgIpc) is 3.08. The molecule has 0 spiro atoms. The zero-order valence-corrected chi connectivity index (χ0v) is 12.1. The van der Waals surface area contributed by atoms with Crippen LogP contribution in [0.2, 0.25) is 0 Å². The van der Waals surface area contributed by atoms with Crippen LogP contribution in [-0.2, 0) is 24.1 Å². The first-order valence-corrected chi connectivity index (χ1v) is 7.80. The first-order chi connectivity index (χ1) is 10.2. The fourth-order valence-electron chi connectivity index (χ4n) is 3.12. The van der Waals surface area contributed by atoms with Crippen LogP contribution < -0.4 is 0 Å². The Morgan fingerprint density at radius 3 is 2.81 bits per heavy atom. The predicted molar refractivity (Wildman–Crippen MR) is 83.8 cm³/mol. The summed E-state index contributed by atoms with van der Waals surface area (Å²) < 4.78 is 0. The molecule has 0 saturated heterocycles. The van der Waals surface area contributed by atoms with Gasteiger partial charge in [-0.25, -0.2) is 4.98 Å². The molecule has 4 heteroatoms. The van der Waals surface area contributed by atoms with Crippen LogP contribution in [0.5, 0.6) is 0 Å². The summed E-state index contributed by atoms with van der Waals surface area (Å²) in [7, 11) is 0. The Labute approximate surface area is 125 Å². The van der Waals surface area contributed by atoms with Crippen molar-refractivity contribution in [1.29, 1.82) is 0 Å². The number of carboxylic acid groups (broad SMARTS) is 1. The van der Waals surface area contributed by atoms with E-state index in [0.29, 0.717) is 5.01 Å². The van der Waals surface area contributed by atoms with E-state index in [9.17, 15) is 4.79 Å². The molecule has 0 amide bonds. The van der Waals surface area contributed by atoms with Gasteiger partial charge in [-0.05, 0) is 34.7 Å². The second-order valence-electron chi connectivity index (χ2n) is 5.31. The SMILES string of the molecule is O=C(O)Cc1nc(-c2ccc3c4c(cccc24)CC3)cs1. The summed E-state index contributed by atoms with van der Waals surface area (Å²) in [5, 5.41) is 14.1. The van der Waals surface area contributed by atoms with Crippen LogP contribution in [-0.4, -0.2) is 16.1 Å². The number of rotatable bonds is 3. The quantitative estimate of drug-likeness (QED) is 0.801. The highest BCUT2D eigenvalue weighted by Crippen LogP contribution is 2.37. The molecular formula is C17H13NO2S. The molecule has 0 atom stereocenters. The maximum Gasteiger partial charge on any atom is 0.310 e. The van der Waals surface area contributed by atoms with Crippen molar-refractivity contribution in [3.05, 3.63) is 51.8 Å². The van der Waals surface area contributed by atoms with Gasteiger partial charge in [0.1, 0.15) is 5.01 Å². The Morgan fingerprint density at radius 1 is 1.19 bits per heavy atom. The standard InChI is InChI=1S/C17H13NO2S/c19-16(20)8-15-18-14(9-21-15)12-7-6-11-5-4-10-2-1-3-13(12)17(10)11/h1-3,6-7,9H,4-5,8H2,(H,19,20). The summed E-state index contributed by atoms with van der Waals surface area (Å²) in [6, 6.07) is 10.7. The summed E-state index contributed by atoms with van der Waals surface area (Å²) in [6.07, 6.45) is 2.21. The zero-order valence-electron chi connectivity index (χ0n) is 11.3. The predicted octanol–water partition coefficient (Wildman–Crippen LogP) is 3.69. The minimum Gasteiger partial charge on any atom is -0.481 e. The first kappa shape index (κ1) is 12.5. The number of hydrogen-bond acceptors (Lipinski definition) is 3. The molecule has 1 aliphatic rings. The number of thiazole rings is 1. The molecular weight excluding hydrogens is 282 g/mol. The molecule has 21 heavy (non-hydrogen) atoms. The smallest absolute Gasteiger partial charge is 0.310 e. The van der Waals surface area contributed by atoms with Gasteiger partial charge < -0.3 is 5.11 Å². The second-order valence-corrected chi connectivity index (χ2v) is 6.25. The van der Waals surface area contributed by atoms with Gasteiger partial charge in [-0.2, -0.15) is 0 Å². The number of aryl methyl sites for hydroxylation is 2. The van der Waals surface area contributed by atoms with E-state index in [0.717, 1.165) is 24.1 Å². The van der Waals surface area contributed by atoms with Crippen LogP contribution in [0.25, 0.3) is 22.0 Å². The third kappa shape index (κ3) is 2.03. The molecule has 1 heterocycles. The molecule has 2 aromatic carbocycles. The van der Waals surface area contributed by atoms with E-state index in [1.807, 2.05) is 5.38 Å².